The third kappa shape index (κ3) is 4.44. The van der Waals surface area contributed by atoms with Gasteiger partial charge in [0.1, 0.15) is 9.84 Å². The Balaban J connectivity index is 2.75. The lowest BCUT2D eigenvalue weighted by molar-refractivity contribution is 0.546. The molecule has 0 amide bonds. The van der Waals surface area contributed by atoms with Crippen molar-refractivity contribution < 1.29 is 8.42 Å². The predicted molar refractivity (Wildman–Crippen MR) is 63.8 cm³/mol. The summed E-state index contributed by atoms with van der Waals surface area (Å²) in [5.74, 6) is 5.28. The van der Waals surface area contributed by atoms with Crippen molar-refractivity contribution >= 4 is 21.4 Å². The molecule has 1 aromatic heterocycles. The summed E-state index contributed by atoms with van der Waals surface area (Å²) in [5.41, 5.74) is 3.30. The zero-order chi connectivity index (χ0) is 12.2. The van der Waals surface area contributed by atoms with Crippen molar-refractivity contribution in [2.24, 2.45) is 5.84 Å². The van der Waals surface area contributed by atoms with Gasteiger partial charge in [0.2, 0.25) is 0 Å². The number of sulfone groups is 1. The van der Waals surface area contributed by atoms with Crippen molar-refractivity contribution in [3.8, 4) is 0 Å². The molecule has 0 bridgehead atoms. The number of hydrogen-bond acceptors (Lipinski definition) is 5. The molecule has 0 saturated carbocycles. The molecule has 90 valence electrons. The van der Waals surface area contributed by atoms with Crippen LogP contribution in [0.15, 0.2) is 18.5 Å². The first-order chi connectivity index (χ1) is 7.42. The summed E-state index contributed by atoms with van der Waals surface area (Å²) in [6, 6.07) is 1.39. The maximum atomic E-state index is 11.1. The first-order valence-electron chi connectivity index (χ1n) is 4.64. The Kier molecular flexibility index (Phi) is 4.67. The third-order valence-corrected chi connectivity index (χ3v) is 3.41. The monoisotopic (exact) mass is 263 g/mol. The summed E-state index contributed by atoms with van der Waals surface area (Å²) in [5, 5.41) is 0.510. The van der Waals surface area contributed by atoms with E-state index in [9.17, 15) is 8.42 Å². The molecule has 0 saturated heterocycles. The summed E-state index contributed by atoms with van der Waals surface area (Å²) < 4.78 is 22.3. The number of halogens is 1. The third-order valence-electron chi connectivity index (χ3n) is 2.06. The zero-order valence-corrected chi connectivity index (χ0v) is 10.4. The average molecular weight is 264 g/mol. The quantitative estimate of drug-likeness (QED) is 0.584. The largest absolute Gasteiger partial charge is 0.271 e. The standard InChI is InChI=1S/C9H14ClN3O2S/c1-16(14,15)6-8(13-11)4-7-2-3-12-5-9(7)10/h2-3,5,8,13H,4,6,11H2,1H3. The van der Waals surface area contributed by atoms with Crippen LogP contribution in [0.1, 0.15) is 5.56 Å². The molecule has 3 N–H and O–H groups in total. The number of nitrogens with one attached hydrogen (secondary N) is 1. The van der Waals surface area contributed by atoms with Crippen LogP contribution in [0.4, 0.5) is 0 Å². The molecule has 0 aromatic carbocycles. The van der Waals surface area contributed by atoms with E-state index < -0.39 is 9.84 Å². The lowest BCUT2D eigenvalue weighted by Gasteiger charge is -2.15. The predicted octanol–water partition coefficient (Wildman–Crippen LogP) is 0.154. The van der Waals surface area contributed by atoms with Crippen LogP contribution in [0.25, 0.3) is 0 Å². The fourth-order valence-corrected chi connectivity index (χ4v) is 2.51. The van der Waals surface area contributed by atoms with Gasteiger partial charge in [-0.05, 0) is 18.1 Å². The van der Waals surface area contributed by atoms with E-state index in [4.69, 9.17) is 17.4 Å². The van der Waals surface area contributed by atoms with E-state index in [0.29, 0.717) is 11.4 Å². The van der Waals surface area contributed by atoms with Gasteiger partial charge in [0.15, 0.2) is 0 Å². The molecule has 5 nitrogen and oxygen atoms in total. The van der Waals surface area contributed by atoms with E-state index in [-0.39, 0.29) is 11.8 Å². The van der Waals surface area contributed by atoms with E-state index >= 15 is 0 Å². The van der Waals surface area contributed by atoms with Gasteiger partial charge in [-0.1, -0.05) is 11.6 Å². The number of nitrogens with zero attached hydrogens (tertiary/aromatic N) is 1. The van der Waals surface area contributed by atoms with Gasteiger partial charge in [-0.15, -0.1) is 0 Å². The van der Waals surface area contributed by atoms with Crippen LogP contribution < -0.4 is 11.3 Å². The molecule has 0 spiro atoms. The maximum Gasteiger partial charge on any atom is 0.149 e. The minimum absolute atomic E-state index is 0.0256. The first-order valence-corrected chi connectivity index (χ1v) is 7.08. The molecule has 7 heteroatoms. The van der Waals surface area contributed by atoms with Gasteiger partial charge in [0.05, 0.1) is 10.8 Å². The first kappa shape index (κ1) is 13.4. The fraction of sp³-hybridized carbons (Fsp3) is 0.444. The summed E-state index contributed by atoms with van der Waals surface area (Å²) >= 11 is 5.92. The fourth-order valence-electron chi connectivity index (χ4n) is 1.37. The molecule has 16 heavy (non-hydrogen) atoms. The van der Waals surface area contributed by atoms with Gasteiger partial charge in [-0.2, -0.15) is 0 Å². The Bertz CT molecular complexity index is 450. The van der Waals surface area contributed by atoms with Crippen molar-refractivity contribution in [1.82, 2.24) is 10.4 Å². The maximum absolute atomic E-state index is 11.1. The average Bonchev–Trinajstić information content (AvgIpc) is 2.18. The second-order valence-corrected chi connectivity index (χ2v) is 6.22. The van der Waals surface area contributed by atoms with E-state index in [1.165, 1.54) is 12.5 Å². The summed E-state index contributed by atoms with van der Waals surface area (Å²) in [4.78, 5) is 3.85. The number of nitrogens with two attached hydrogens (primary N) is 1. The second kappa shape index (κ2) is 5.58. The second-order valence-electron chi connectivity index (χ2n) is 3.63. The smallest absolute Gasteiger partial charge is 0.149 e. The van der Waals surface area contributed by atoms with Crippen LogP contribution in [0.5, 0.6) is 0 Å². The van der Waals surface area contributed by atoms with Gasteiger partial charge in [-0.25, -0.2) is 8.42 Å². The molecule has 1 atom stereocenters. The highest BCUT2D eigenvalue weighted by atomic mass is 35.5. The highest BCUT2D eigenvalue weighted by molar-refractivity contribution is 7.90. The molecule has 0 radical (unpaired) electrons. The molecule has 0 fully saturated rings. The molecular formula is C9H14ClN3O2S. The van der Waals surface area contributed by atoms with Gasteiger partial charge in [-0.3, -0.25) is 16.3 Å². The van der Waals surface area contributed by atoms with E-state index in [0.717, 1.165) is 5.56 Å². The van der Waals surface area contributed by atoms with Crippen LogP contribution in [-0.2, 0) is 16.3 Å². The summed E-state index contributed by atoms with van der Waals surface area (Å²) in [7, 11) is -3.07. The number of hydrogen-bond donors (Lipinski definition) is 2. The number of hydrazine groups is 1. The van der Waals surface area contributed by atoms with Gasteiger partial charge in [0.25, 0.3) is 0 Å². The number of pyridine rings is 1. The van der Waals surface area contributed by atoms with Crippen LogP contribution in [0.3, 0.4) is 0 Å². The summed E-state index contributed by atoms with van der Waals surface area (Å²) in [6.07, 6.45) is 4.75. The molecule has 0 aliphatic carbocycles. The van der Waals surface area contributed by atoms with Gasteiger partial charge in [0, 0.05) is 24.7 Å². The zero-order valence-electron chi connectivity index (χ0n) is 8.85. The topological polar surface area (TPSA) is 85.1 Å². The van der Waals surface area contributed by atoms with Crippen LogP contribution in [0.2, 0.25) is 5.02 Å². The molecule has 0 aliphatic heterocycles. The lowest BCUT2D eigenvalue weighted by atomic mass is 10.1. The van der Waals surface area contributed by atoms with Crippen LogP contribution >= 0.6 is 11.6 Å². The highest BCUT2D eigenvalue weighted by Crippen LogP contribution is 2.15. The summed E-state index contributed by atoms with van der Waals surface area (Å²) in [6.45, 7) is 0. The SMILES string of the molecule is CS(=O)(=O)CC(Cc1ccncc1Cl)NN. The molecule has 1 aromatic rings. The molecular weight excluding hydrogens is 250 g/mol. The molecule has 1 rings (SSSR count). The lowest BCUT2D eigenvalue weighted by Crippen LogP contribution is -2.41. The van der Waals surface area contributed by atoms with Crippen molar-refractivity contribution in [3.05, 3.63) is 29.0 Å². The Hall–Kier alpha value is -0.690. The Morgan fingerprint density at radius 1 is 1.62 bits per heavy atom. The Labute approximate surface area is 99.9 Å². The van der Waals surface area contributed by atoms with Crippen molar-refractivity contribution in [2.75, 3.05) is 12.0 Å². The van der Waals surface area contributed by atoms with E-state index in [1.807, 2.05) is 0 Å². The van der Waals surface area contributed by atoms with Crippen molar-refractivity contribution in [3.63, 3.8) is 0 Å². The Morgan fingerprint density at radius 3 is 2.81 bits per heavy atom. The Morgan fingerprint density at radius 2 is 2.31 bits per heavy atom. The molecule has 1 unspecified atom stereocenters. The number of rotatable bonds is 5. The van der Waals surface area contributed by atoms with Crippen molar-refractivity contribution in [2.45, 2.75) is 12.5 Å². The molecule has 1 heterocycles. The van der Waals surface area contributed by atoms with Crippen LogP contribution in [-0.4, -0.2) is 31.5 Å². The normalized spacial score (nSPS) is 13.7. The van der Waals surface area contributed by atoms with Gasteiger partial charge < -0.3 is 0 Å². The minimum atomic E-state index is -3.07. The molecule has 0 aliphatic rings. The van der Waals surface area contributed by atoms with Gasteiger partial charge >= 0.3 is 0 Å². The minimum Gasteiger partial charge on any atom is -0.271 e. The van der Waals surface area contributed by atoms with E-state index in [1.54, 1.807) is 12.3 Å². The highest BCUT2D eigenvalue weighted by Gasteiger charge is 2.15. The van der Waals surface area contributed by atoms with Crippen molar-refractivity contribution in [1.29, 1.82) is 0 Å². The van der Waals surface area contributed by atoms with Crippen LogP contribution in [0, 0.1) is 0 Å². The number of aromatic nitrogens is 1. The van der Waals surface area contributed by atoms with E-state index in [2.05, 4.69) is 10.4 Å².